The summed E-state index contributed by atoms with van der Waals surface area (Å²) >= 11 is 0. The van der Waals surface area contributed by atoms with E-state index in [1.54, 1.807) is 14.0 Å². The Kier molecular flexibility index (Phi) is 5.08. The van der Waals surface area contributed by atoms with Crippen molar-refractivity contribution >= 4 is 5.91 Å². The number of aliphatic hydroxyl groups excluding tert-OH is 1. The van der Waals surface area contributed by atoms with Crippen LogP contribution in [0.2, 0.25) is 0 Å². The minimum absolute atomic E-state index is 0.107. The molecule has 0 radical (unpaired) electrons. The van der Waals surface area contributed by atoms with E-state index >= 15 is 0 Å². The van der Waals surface area contributed by atoms with Gasteiger partial charge in [-0.15, -0.1) is 0 Å². The second kappa shape index (κ2) is 6.81. The van der Waals surface area contributed by atoms with Crippen LogP contribution in [0.4, 0.5) is 0 Å². The molecule has 1 aliphatic rings. The Morgan fingerprint density at radius 2 is 2.20 bits per heavy atom. The monoisotopic (exact) mass is 283 g/mol. The number of rotatable bonds is 4. The molecule has 1 saturated carbocycles. The molecule has 112 valence electrons. The minimum atomic E-state index is -0.678. The zero-order valence-corrected chi connectivity index (χ0v) is 11.8. The first-order chi connectivity index (χ1) is 9.61. The van der Waals surface area contributed by atoms with E-state index in [1.165, 1.54) is 0 Å². The van der Waals surface area contributed by atoms with Crippen LogP contribution >= 0.6 is 0 Å². The molecule has 20 heavy (non-hydrogen) atoms. The highest BCUT2D eigenvalue weighted by atomic mass is 16.6. The van der Waals surface area contributed by atoms with E-state index in [0.717, 1.165) is 25.7 Å². The highest BCUT2D eigenvalue weighted by Crippen LogP contribution is 2.21. The molecule has 0 aliphatic heterocycles. The van der Waals surface area contributed by atoms with Gasteiger partial charge in [-0.3, -0.25) is 4.79 Å². The summed E-state index contributed by atoms with van der Waals surface area (Å²) < 4.78 is 9.84. The van der Waals surface area contributed by atoms with Crippen LogP contribution in [0.15, 0.2) is 4.63 Å². The van der Waals surface area contributed by atoms with Crippen molar-refractivity contribution in [3.8, 4) is 0 Å². The van der Waals surface area contributed by atoms with E-state index in [9.17, 15) is 9.90 Å². The number of amides is 1. The summed E-state index contributed by atoms with van der Waals surface area (Å²) in [6.45, 7) is 1.74. The molecule has 2 rings (SSSR count). The molecule has 2 N–H and O–H groups in total. The van der Waals surface area contributed by atoms with Crippen molar-refractivity contribution < 1.29 is 19.3 Å². The molecular formula is C13H21N3O4. The average Bonchev–Trinajstić information content (AvgIpc) is 2.73. The highest BCUT2D eigenvalue weighted by Gasteiger charge is 2.31. The average molecular weight is 283 g/mol. The quantitative estimate of drug-likeness (QED) is 0.774. The van der Waals surface area contributed by atoms with E-state index in [-0.39, 0.29) is 24.5 Å². The molecule has 7 heteroatoms. The summed E-state index contributed by atoms with van der Waals surface area (Å²) in [5.41, 5.74) is 1.13. The molecular weight excluding hydrogens is 262 g/mol. The largest absolute Gasteiger partial charge is 0.388 e. The summed E-state index contributed by atoms with van der Waals surface area (Å²) in [5, 5.41) is 20.4. The first-order valence-corrected chi connectivity index (χ1v) is 6.90. The maximum atomic E-state index is 12.0. The van der Waals surface area contributed by atoms with E-state index < -0.39 is 6.10 Å². The van der Waals surface area contributed by atoms with Gasteiger partial charge >= 0.3 is 0 Å². The van der Waals surface area contributed by atoms with Crippen molar-refractivity contribution in [1.82, 2.24) is 15.6 Å². The summed E-state index contributed by atoms with van der Waals surface area (Å²) in [7, 11) is 1.59. The predicted molar refractivity (Wildman–Crippen MR) is 69.9 cm³/mol. The number of aryl methyl sites for hydroxylation is 1. The second-order valence-electron chi connectivity index (χ2n) is 5.20. The van der Waals surface area contributed by atoms with Crippen LogP contribution in [0.5, 0.6) is 0 Å². The molecule has 1 amide bonds. The summed E-state index contributed by atoms with van der Waals surface area (Å²) in [6.07, 6.45) is 2.73. The normalized spacial score (nSPS) is 27.1. The van der Waals surface area contributed by atoms with Crippen molar-refractivity contribution in [1.29, 1.82) is 0 Å². The maximum absolute atomic E-state index is 12.0. The zero-order valence-electron chi connectivity index (χ0n) is 11.8. The fraction of sp³-hybridized carbons (Fsp3) is 0.769. The Morgan fingerprint density at radius 1 is 1.45 bits per heavy atom. The maximum Gasteiger partial charge on any atom is 0.226 e. The second-order valence-corrected chi connectivity index (χ2v) is 5.20. The lowest BCUT2D eigenvalue weighted by molar-refractivity contribution is -0.123. The van der Waals surface area contributed by atoms with Crippen molar-refractivity contribution in [2.45, 2.75) is 57.3 Å². The number of nitrogens with zero attached hydrogens (tertiary/aromatic N) is 2. The third-order valence-corrected chi connectivity index (χ3v) is 3.77. The number of aromatic nitrogens is 2. The van der Waals surface area contributed by atoms with Gasteiger partial charge in [-0.25, -0.2) is 4.63 Å². The molecule has 3 atom stereocenters. The number of ether oxygens (including phenoxy) is 1. The third-order valence-electron chi connectivity index (χ3n) is 3.77. The van der Waals surface area contributed by atoms with Crippen LogP contribution in [0.1, 0.15) is 37.1 Å². The van der Waals surface area contributed by atoms with Gasteiger partial charge in [-0.05, 0) is 19.8 Å². The molecule has 0 unspecified atom stereocenters. The molecule has 1 fully saturated rings. The van der Waals surface area contributed by atoms with Crippen LogP contribution in [-0.4, -0.2) is 46.7 Å². The molecule has 0 aromatic carbocycles. The predicted octanol–water partition coefficient (Wildman–Crippen LogP) is 0.355. The van der Waals surface area contributed by atoms with Crippen molar-refractivity contribution in [3.05, 3.63) is 11.4 Å². The van der Waals surface area contributed by atoms with E-state index in [0.29, 0.717) is 11.4 Å². The van der Waals surface area contributed by atoms with Crippen LogP contribution in [0.25, 0.3) is 0 Å². The smallest absolute Gasteiger partial charge is 0.226 e. The number of hydrogen-bond acceptors (Lipinski definition) is 6. The lowest BCUT2D eigenvalue weighted by atomic mass is 10.0. The topological polar surface area (TPSA) is 97.5 Å². The van der Waals surface area contributed by atoms with Crippen LogP contribution in [-0.2, 0) is 16.0 Å². The SMILES string of the molecule is CO[C@@H]1CCCC[C@@H](NC(=O)Cc2nonc2C)[C@H]1O. The van der Waals surface area contributed by atoms with Crippen LogP contribution < -0.4 is 5.32 Å². The zero-order chi connectivity index (χ0) is 14.5. The van der Waals surface area contributed by atoms with Gasteiger partial charge in [-0.1, -0.05) is 23.2 Å². The van der Waals surface area contributed by atoms with Gasteiger partial charge in [0.05, 0.1) is 18.6 Å². The lowest BCUT2D eigenvalue weighted by Gasteiger charge is -2.26. The molecule has 0 spiro atoms. The lowest BCUT2D eigenvalue weighted by Crippen LogP contribution is -2.48. The van der Waals surface area contributed by atoms with Crippen LogP contribution in [0, 0.1) is 6.92 Å². The number of methoxy groups -OCH3 is 1. The van der Waals surface area contributed by atoms with Crippen molar-refractivity contribution in [2.75, 3.05) is 7.11 Å². The molecule has 1 heterocycles. The summed E-state index contributed by atoms with van der Waals surface area (Å²) in [5.74, 6) is -0.190. The molecule has 1 aromatic heterocycles. The summed E-state index contributed by atoms with van der Waals surface area (Å²) in [6, 6.07) is -0.282. The number of carbonyl (C=O) groups excluding carboxylic acids is 1. The fourth-order valence-corrected chi connectivity index (χ4v) is 2.54. The summed E-state index contributed by atoms with van der Waals surface area (Å²) in [4.78, 5) is 12.0. The van der Waals surface area contributed by atoms with E-state index in [1.807, 2.05) is 0 Å². The first kappa shape index (κ1) is 14.9. The minimum Gasteiger partial charge on any atom is -0.388 e. The van der Waals surface area contributed by atoms with E-state index in [2.05, 4.69) is 20.3 Å². The molecule has 1 aromatic rings. The van der Waals surface area contributed by atoms with Crippen LogP contribution in [0.3, 0.4) is 0 Å². The van der Waals surface area contributed by atoms with Gasteiger partial charge in [0.1, 0.15) is 17.5 Å². The molecule has 0 bridgehead atoms. The number of aliphatic hydroxyl groups is 1. The van der Waals surface area contributed by atoms with Gasteiger partial charge in [0.2, 0.25) is 5.91 Å². The van der Waals surface area contributed by atoms with Crippen molar-refractivity contribution in [3.63, 3.8) is 0 Å². The van der Waals surface area contributed by atoms with Crippen molar-refractivity contribution in [2.24, 2.45) is 0 Å². The molecule has 0 saturated heterocycles. The molecule has 7 nitrogen and oxygen atoms in total. The van der Waals surface area contributed by atoms with Gasteiger partial charge in [-0.2, -0.15) is 0 Å². The Morgan fingerprint density at radius 3 is 2.85 bits per heavy atom. The Bertz CT molecular complexity index is 449. The Labute approximate surface area is 117 Å². The standard InChI is InChI=1S/C13H21N3O4/c1-8-10(16-20-15-8)7-12(17)14-9-5-3-4-6-11(19-2)13(9)18/h9,11,13,18H,3-7H2,1-2H3,(H,14,17)/t9-,11-,13-/m1/s1. The Balaban J connectivity index is 1.93. The van der Waals surface area contributed by atoms with Gasteiger partial charge in [0.15, 0.2) is 0 Å². The highest BCUT2D eigenvalue weighted by molar-refractivity contribution is 5.78. The fourth-order valence-electron chi connectivity index (χ4n) is 2.54. The number of nitrogens with one attached hydrogen (secondary N) is 1. The third kappa shape index (κ3) is 3.55. The van der Waals surface area contributed by atoms with Gasteiger partial charge < -0.3 is 15.2 Å². The number of hydrogen-bond donors (Lipinski definition) is 2. The van der Waals surface area contributed by atoms with Gasteiger partial charge in [0, 0.05) is 7.11 Å². The first-order valence-electron chi connectivity index (χ1n) is 6.90. The van der Waals surface area contributed by atoms with Gasteiger partial charge in [0.25, 0.3) is 0 Å². The Hall–Kier alpha value is -1.47. The van der Waals surface area contributed by atoms with E-state index in [4.69, 9.17) is 4.74 Å². The number of carbonyl (C=O) groups is 1. The molecule has 1 aliphatic carbocycles.